The summed E-state index contributed by atoms with van der Waals surface area (Å²) in [7, 11) is 1.46. The molecule has 6 nitrogen and oxygen atoms in total. The van der Waals surface area contributed by atoms with Crippen LogP contribution in [0.1, 0.15) is 21.8 Å². The zero-order chi connectivity index (χ0) is 15.0. The highest BCUT2D eigenvalue weighted by atomic mass is 16.5. The lowest BCUT2D eigenvalue weighted by molar-refractivity contribution is 0.0656. The van der Waals surface area contributed by atoms with Gasteiger partial charge in [0.2, 0.25) is 5.76 Å². The number of aromatic carboxylic acids is 1. The molecule has 0 fully saturated rings. The summed E-state index contributed by atoms with van der Waals surface area (Å²) in [5.41, 5.74) is 2.03. The maximum absolute atomic E-state index is 11.1. The molecule has 1 N–H and O–H groups in total. The molecule has 6 heteroatoms. The molecule has 0 saturated heterocycles. The molecule has 0 unspecified atom stereocenters. The Hall–Kier alpha value is -2.60. The van der Waals surface area contributed by atoms with Gasteiger partial charge in [-0.3, -0.25) is 0 Å². The Kier molecular flexibility index (Phi) is 3.23. The Balaban J connectivity index is 2.09. The number of carbonyl (C=O) groups is 1. The maximum atomic E-state index is 11.1. The van der Waals surface area contributed by atoms with Crippen LogP contribution < -0.4 is 0 Å². The molecular formula is C15H13NO5. The Morgan fingerprint density at radius 1 is 1.33 bits per heavy atom. The minimum absolute atomic E-state index is 0.0600. The molecule has 1 aromatic carbocycles. The van der Waals surface area contributed by atoms with Crippen molar-refractivity contribution < 1.29 is 23.5 Å². The van der Waals surface area contributed by atoms with Crippen molar-refractivity contribution in [1.82, 2.24) is 4.98 Å². The van der Waals surface area contributed by atoms with Crippen molar-refractivity contribution in [2.45, 2.75) is 13.5 Å². The highest BCUT2D eigenvalue weighted by molar-refractivity contribution is 5.86. The second-order valence-corrected chi connectivity index (χ2v) is 4.68. The van der Waals surface area contributed by atoms with Crippen LogP contribution in [-0.2, 0) is 11.3 Å². The van der Waals surface area contributed by atoms with Crippen LogP contribution in [0.4, 0.5) is 0 Å². The molecule has 0 aliphatic carbocycles. The molecule has 0 spiro atoms. The Morgan fingerprint density at radius 2 is 2.14 bits per heavy atom. The van der Waals surface area contributed by atoms with Crippen LogP contribution in [0.25, 0.3) is 22.6 Å². The summed E-state index contributed by atoms with van der Waals surface area (Å²) in [5.74, 6) is -0.898. The van der Waals surface area contributed by atoms with E-state index in [0.29, 0.717) is 11.3 Å². The van der Waals surface area contributed by atoms with E-state index in [9.17, 15) is 4.79 Å². The number of oxazole rings is 1. The minimum atomic E-state index is -1.19. The van der Waals surface area contributed by atoms with E-state index in [0.717, 1.165) is 10.9 Å². The van der Waals surface area contributed by atoms with Crippen molar-refractivity contribution in [3.05, 3.63) is 41.3 Å². The molecule has 2 heterocycles. The van der Waals surface area contributed by atoms with Gasteiger partial charge in [0.15, 0.2) is 5.76 Å². The topological polar surface area (TPSA) is 85.7 Å². The number of aryl methyl sites for hydroxylation is 1. The fourth-order valence-corrected chi connectivity index (χ4v) is 2.13. The number of fused-ring (bicyclic) bond motifs is 1. The molecule has 0 radical (unpaired) electrons. The number of hydrogen-bond acceptors (Lipinski definition) is 5. The number of hydrogen-bond donors (Lipinski definition) is 1. The Bertz CT molecular complexity index is 815. The van der Waals surface area contributed by atoms with Gasteiger partial charge in [-0.05, 0) is 25.1 Å². The molecule has 0 amide bonds. The number of benzene rings is 1. The highest BCUT2D eigenvalue weighted by Gasteiger charge is 2.22. The molecule has 2 aromatic heterocycles. The standard InChI is InChI=1S/C15H13NO5/c1-8-3-4-11-9(5-8)6-12(20-11)14-16-10(7-19-2)13(21-14)15(17)18/h3-6H,7H2,1-2H3,(H,17,18). The molecule has 3 rings (SSSR count). The van der Waals surface area contributed by atoms with Gasteiger partial charge in [-0.15, -0.1) is 0 Å². The van der Waals surface area contributed by atoms with Crippen LogP contribution in [0, 0.1) is 6.92 Å². The molecule has 0 atom stereocenters. The normalized spacial score (nSPS) is 11.1. The van der Waals surface area contributed by atoms with E-state index in [-0.39, 0.29) is 24.0 Å². The molecule has 108 valence electrons. The lowest BCUT2D eigenvalue weighted by Crippen LogP contribution is -2.00. The van der Waals surface area contributed by atoms with Gasteiger partial charge in [-0.1, -0.05) is 11.6 Å². The van der Waals surface area contributed by atoms with Crippen molar-refractivity contribution >= 4 is 16.9 Å². The fourth-order valence-electron chi connectivity index (χ4n) is 2.13. The monoisotopic (exact) mass is 287 g/mol. The van der Waals surface area contributed by atoms with Crippen molar-refractivity contribution in [3.63, 3.8) is 0 Å². The van der Waals surface area contributed by atoms with Gasteiger partial charge in [-0.2, -0.15) is 0 Å². The van der Waals surface area contributed by atoms with Gasteiger partial charge < -0.3 is 18.7 Å². The zero-order valence-corrected chi connectivity index (χ0v) is 11.5. The van der Waals surface area contributed by atoms with Gasteiger partial charge in [0.05, 0.1) is 6.61 Å². The summed E-state index contributed by atoms with van der Waals surface area (Å²) in [5, 5.41) is 10.0. The van der Waals surface area contributed by atoms with E-state index < -0.39 is 5.97 Å². The van der Waals surface area contributed by atoms with Crippen molar-refractivity contribution in [2.75, 3.05) is 7.11 Å². The van der Waals surface area contributed by atoms with Crippen LogP contribution >= 0.6 is 0 Å². The largest absolute Gasteiger partial charge is 0.475 e. The van der Waals surface area contributed by atoms with Gasteiger partial charge in [0.1, 0.15) is 11.3 Å². The maximum Gasteiger partial charge on any atom is 0.373 e. The van der Waals surface area contributed by atoms with Crippen LogP contribution in [-0.4, -0.2) is 23.2 Å². The van der Waals surface area contributed by atoms with E-state index in [4.69, 9.17) is 18.7 Å². The van der Waals surface area contributed by atoms with E-state index >= 15 is 0 Å². The van der Waals surface area contributed by atoms with Crippen LogP contribution in [0.5, 0.6) is 0 Å². The number of carboxylic acid groups (broad SMARTS) is 1. The minimum Gasteiger partial charge on any atom is -0.475 e. The number of nitrogens with zero attached hydrogens (tertiary/aromatic N) is 1. The highest BCUT2D eigenvalue weighted by Crippen LogP contribution is 2.29. The number of aromatic nitrogens is 1. The van der Waals surface area contributed by atoms with Crippen LogP contribution in [0.15, 0.2) is 33.1 Å². The third-order valence-corrected chi connectivity index (χ3v) is 3.06. The van der Waals surface area contributed by atoms with Gasteiger partial charge >= 0.3 is 5.97 Å². The summed E-state index contributed by atoms with van der Waals surface area (Å²) < 4.78 is 15.9. The second kappa shape index (κ2) is 5.06. The van der Waals surface area contributed by atoms with E-state index in [2.05, 4.69) is 4.98 Å². The van der Waals surface area contributed by atoms with Gasteiger partial charge in [-0.25, -0.2) is 9.78 Å². The molecule has 0 saturated carbocycles. The molecular weight excluding hydrogens is 274 g/mol. The lowest BCUT2D eigenvalue weighted by Gasteiger charge is -1.92. The predicted molar refractivity (Wildman–Crippen MR) is 74.1 cm³/mol. The summed E-state index contributed by atoms with van der Waals surface area (Å²) in [6.07, 6.45) is 0. The first kappa shape index (κ1) is 13.4. The number of ether oxygens (including phenoxy) is 1. The molecule has 0 aliphatic rings. The lowest BCUT2D eigenvalue weighted by atomic mass is 10.2. The summed E-state index contributed by atoms with van der Waals surface area (Å²) in [6.45, 7) is 2.04. The number of rotatable bonds is 4. The van der Waals surface area contributed by atoms with E-state index in [1.807, 2.05) is 25.1 Å². The average Bonchev–Trinajstić information content (AvgIpc) is 3.02. The van der Waals surface area contributed by atoms with Crippen molar-refractivity contribution in [2.24, 2.45) is 0 Å². The molecule has 3 aromatic rings. The molecule has 21 heavy (non-hydrogen) atoms. The first-order valence-electron chi connectivity index (χ1n) is 6.31. The first-order chi connectivity index (χ1) is 10.1. The van der Waals surface area contributed by atoms with Crippen molar-refractivity contribution in [1.29, 1.82) is 0 Å². The van der Waals surface area contributed by atoms with Crippen LogP contribution in [0.2, 0.25) is 0 Å². The quantitative estimate of drug-likeness (QED) is 0.792. The summed E-state index contributed by atoms with van der Waals surface area (Å²) in [4.78, 5) is 15.3. The third kappa shape index (κ3) is 2.41. The SMILES string of the molecule is COCc1nc(-c2cc3cc(C)ccc3o2)oc1C(=O)O. The van der Waals surface area contributed by atoms with Crippen LogP contribution in [0.3, 0.4) is 0 Å². The number of furan rings is 1. The third-order valence-electron chi connectivity index (χ3n) is 3.06. The molecule has 0 bridgehead atoms. The Morgan fingerprint density at radius 3 is 2.86 bits per heavy atom. The smallest absolute Gasteiger partial charge is 0.373 e. The van der Waals surface area contributed by atoms with Crippen molar-refractivity contribution in [3.8, 4) is 11.7 Å². The second-order valence-electron chi connectivity index (χ2n) is 4.68. The summed E-state index contributed by atoms with van der Waals surface area (Å²) in [6, 6.07) is 7.53. The average molecular weight is 287 g/mol. The number of methoxy groups -OCH3 is 1. The Labute approximate surface area is 120 Å². The van der Waals surface area contributed by atoms with Gasteiger partial charge in [0, 0.05) is 12.5 Å². The van der Waals surface area contributed by atoms with Gasteiger partial charge in [0.25, 0.3) is 5.89 Å². The first-order valence-corrected chi connectivity index (χ1v) is 6.31. The zero-order valence-electron chi connectivity index (χ0n) is 11.5. The van der Waals surface area contributed by atoms with E-state index in [1.54, 1.807) is 6.07 Å². The van der Waals surface area contributed by atoms with E-state index in [1.165, 1.54) is 7.11 Å². The number of carboxylic acids is 1. The fraction of sp³-hybridized carbons (Fsp3) is 0.200. The molecule has 0 aliphatic heterocycles. The predicted octanol–water partition coefficient (Wildman–Crippen LogP) is 3.24. The summed E-state index contributed by atoms with van der Waals surface area (Å²) >= 11 is 0.